The number of hydrogen-bond donors (Lipinski definition) is 3. The molecule has 114 valence electrons. The fourth-order valence-corrected chi connectivity index (χ4v) is 2.37. The molecule has 0 bridgehead atoms. The van der Waals surface area contributed by atoms with Crippen molar-refractivity contribution in [3.05, 3.63) is 56.1 Å². The maximum absolute atomic E-state index is 12.6. The van der Waals surface area contributed by atoms with Crippen LogP contribution in [0, 0.1) is 0 Å². The molecule has 3 N–H and O–H groups in total. The molecule has 2 rings (SSSR count). The van der Waals surface area contributed by atoms with Gasteiger partial charge in [-0.3, -0.25) is 4.79 Å². The third kappa shape index (κ3) is 4.42. The smallest absolute Gasteiger partial charge is 0.387 e. The molecule has 0 saturated carbocycles. The number of hydrogen-bond acceptors (Lipinski definition) is 4. The zero-order chi connectivity index (χ0) is 15.5. The van der Waals surface area contributed by atoms with E-state index in [2.05, 4.69) is 10.3 Å². The van der Waals surface area contributed by atoms with Crippen molar-refractivity contribution in [2.45, 2.75) is 18.8 Å². The summed E-state index contributed by atoms with van der Waals surface area (Å²) in [5, 5.41) is 14.4. The summed E-state index contributed by atoms with van der Waals surface area (Å²) in [5.41, 5.74) is 0.0681. The summed E-state index contributed by atoms with van der Waals surface area (Å²) >= 11 is 1.03. The summed E-state index contributed by atoms with van der Waals surface area (Å²) in [5.74, 6) is 0. The monoisotopic (exact) mass is 318 g/mol. The Kier molecular flexibility index (Phi) is 4.81. The molecule has 0 aliphatic heterocycles. The molecule has 1 unspecified atom stereocenters. The van der Waals surface area contributed by atoms with Crippen molar-refractivity contribution in [2.75, 3.05) is 6.54 Å². The molecule has 0 aliphatic rings. The Bertz CT molecular complexity index is 651. The minimum absolute atomic E-state index is 0.0825. The molecule has 0 saturated heterocycles. The first-order chi connectivity index (χ1) is 9.86. The van der Waals surface area contributed by atoms with Gasteiger partial charge >= 0.3 is 11.0 Å². The number of aliphatic hydroxyl groups excluding tert-OH is 1. The summed E-state index contributed by atoms with van der Waals surface area (Å²) in [6.07, 6.45) is -5.49. The van der Waals surface area contributed by atoms with Crippen LogP contribution >= 0.6 is 11.3 Å². The number of nitrogens with one attached hydrogen (secondary N) is 2. The van der Waals surface area contributed by atoms with Crippen LogP contribution in [0.4, 0.5) is 13.2 Å². The van der Waals surface area contributed by atoms with E-state index < -0.39 is 17.8 Å². The normalized spacial score (nSPS) is 13.3. The summed E-state index contributed by atoms with van der Waals surface area (Å²) < 4.78 is 37.7. The Morgan fingerprint density at radius 2 is 2.14 bits per heavy atom. The van der Waals surface area contributed by atoms with Gasteiger partial charge in [0.05, 0.1) is 11.7 Å². The van der Waals surface area contributed by atoms with Gasteiger partial charge in [0.25, 0.3) is 0 Å². The Hall–Kier alpha value is -1.64. The van der Waals surface area contributed by atoms with Gasteiger partial charge in [0, 0.05) is 24.2 Å². The molecular weight excluding hydrogens is 305 g/mol. The molecule has 1 atom stereocenters. The number of rotatable bonds is 5. The van der Waals surface area contributed by atoms with E-state index in [9.17, 15) is 23.1 Å². The first-order valence-corrected chi connectivity index (χ1v) is 6.97. The average molecular weight is 318 g/mol. The number of H-pyrrole nitrogens is 1. The molecular formula is C13H13F3N2O2S. The summed E-state index contributed by atoms with van der Waals surface area (Å²) in [6.45, 7) is 0.411. The Morgan fingerprint density at radius 3 is 2.76 bits per heavy atom. The second-order valence-electron chi connectivity index (χ2n) is 4.44. The van der Waals surface area contributed by atoms with Gasteiger partial charge < -0.3 is 15.4 Å². The highest BCUT2D eigenvalue weighted by atomic mass is 32.1. The largest absolute Gasteiger partial charge is 0.416 e. The summed E-state index contributed by atoms with van der Waals surface area (Å²) in [7, 11) is 0. The minimum Gasteiger partial charge on any atom is -0.387 e. The van der Waals surface area contributed by atoms with E-state index in [1.54, 1.807) is 5.38 Å². The predicted molar refractivity (Wildman–Crippen MR) is 73.1 cm³/mol. The van der Waals surface area contributed by atoms with Crippen LogP contribution in [0.2, 0.25) is 0 Å². The van der Waals surface area contributed by atoms with Gasteiger partial charge in [0.15, 0.2) is 0 Å². The van der Waals surface area contributed by atoms with Crippen LogP contribution < -0.4 is 10.2 Å². The highest BCUT2D eigenvalue weighted by Gasteiger charge is 2.30. The Labute approximate surface area is 122 Å². The lowest BCUT2D eigenvalue weighted by Gasteiger charge is -2.14. The second kappa shape index (κ2) is 6.42. The third-order valence-corrected chi connectivity index (χ3v) is 3.54. The third-order valence-electron chi connectivity index (χ3n) is 2.82. The highest BCUT2D eigenvalue weighted by Crippen LogP contribution is 2.30. The number of aromatic amines is 1. The van der Waals surface area contributed by atoms with E-state index >= 15 is 0 Å². The van der Waals surface area contributed by atoms with Crippen molar-refractivity contribution in [1.82, 2.24) is 10.3 Å². The van der Waals surface area contributed by atoms with E-state index in [0.717, 1.165) is 23.5 Å². The molecule has 8 heteroatoms. The predicted octanol–water partition coefficient (Wildman–Crippen LogP) is 2.28. The average Bonchev–Trinajstić information content (AvgIpc) is 2.83. The standard InChI is InChI=1S/C13H13F3N2O2S/c14-13(15,16)9-3-1-2-8(4-9)11(19)6-17-5-10-7-21-12(20)18-10/h1-4,7,11,17,19H,5-6H2,(H,18,20). The van der Waals surface area contributed by atoms with Gasteiger partial charge in [-0.2, -0.15) is 13.2 Å². The van der Waals surface area contributed by atoms with Crippen LogP contribution in [0.15, 0.2) is 34.4 Å². The van der Waals surface area contributed by atoms with Crippen LogP contribution in [-0.4, -0.2) is 16.6 Å². The van der Waals surface area contributed by atoms with E-state index in [-0.39, 0.29) is 17.0 Å². The Balaban J connectivity index is 1.94. The van der Waals surface area contributed by atoms with E-state index in [1.165, 1.54) is 12.1 Å². The molecule has 0 amide bonds. The van der Waals surface area contributed by atoms with Crippen molar-refractivity contribution in [2.24, 2.45) is 0 Å². The van der Waals surface area contributed by atoms with E-state index in [4.69, 9.17) is 0 Å². The van der Waals surface area contributed by atoms with E-state index in [1.807, 2.05) is 0 Å². The van der Waals surface area contributed by atoms with Crippen molar-refractivity contribution in [3.8, 4) is 0 Å². The number of benzene rings is 1. The Morgan fingerprint density at radius 1 is 1.38 bits per heavy atom. The molecule has 0 radical (unpaired) electrons. The fourth-order valence-electron chi connectivity index (χ4n) is 1.78. The maximum atomic E-state index is 12.6. The molecule has 0 aliphatic carbocycles. The van der Waals surface area contributed by atoms with Crippen LogP contribution in [0.25, 0.3) is 0 Å². The lowest BCUT2D eigenvalue weighted by Crippen LogP contribution is -2.22. The molecule has 1 aromatic carbocycles. The zero-order valence-corrected chi connectivity index (χ0v) is 11.6. The number of alkyl halides is 3. The molecule has 1 aromatic heterocycles. The quantitative estimate of drug-likeness (QED) is 0.792. The number of thiazole rings is 1. The van der Waals surface area contributed by atoms with Gasteiger partial charge in [-0.05, 0) is 17.7 Å². The van der Waals surface area contributed by atoms with Crippen molar-refractivity contribution in [3.63, 3.8) is 0 Å². The molecule has 4 nitrogen and oxygen atoms in total. The molecule has 21 heavy (non-hydrogen) atoms. The first kappa shape index (κ1) is 15.7. The molecule has 0 fully saturated rings. The van der Waals surface area contributed by atoms with Crippen LogP contribution in [-0.2, 0) is 12.7 Å². The number of aromatic nitrogens is 1. The number of aliphatic hydroxyl groups is 1. The minimum atomic E-state index is -4.43. The maximum Gasteiger partial charge on any atom is 0.416 e. The van der Waals surface area contributed by atoms with Crippen LogP contribution in [0.3, 0.4) is 0 Å². The van der Waals surface area contributed by atoms with Gasteiger partial charge in [-0.25, -0.2) is 0 Å². The van der Waals surface area contributed by atoms with Gasteiger partial charge in [-0.1, -0.05) is 23.5 Å². The van der Waals surface area contributed by atoms with Crippen LogP contribution in [0.5, 0.6) is 0 Å². The van der Waals surface area contributed by atoms with Gasteiger partial charge in [-0.15, -0.1) is 0 Å². The molecule has 0 spiro atoms. The van der Waals surface area contributed by atoms with Crippen molar-refractivity contribution >= 4 is 11.3 Å². The summed E-state index contributed by atoms with van der Waals surface area (Å²) in [4.78, 5) is 13.3. The van der Waals surface area contributed by atoms with Gasteiger partial charge in [0.2, 0.25) is 0 Å². The van der Waals surface area contributed by atoms with E-state index in [0.29, 0.717) is 12.2 Å². The first-order valence-electron chi connectivity index (χ1n) is 6.09. The number of halogens is 3. The molecule has 2 aromatic rings. The SMILES string of the molecule is O=c1[nH]c(CNCC(O)c2cccc(C(F)(F)F)c2)cs1. The van der Waals surface area contributed by atoms with Gasteiger partial charge in [0.1, 0.15) is 0 Å². The lowest BCUT2D eigenvalue weighted by molar-refractivity contribution is -0.137. The topological polar surface area (TPSA) is 65.1 Å². The lowest BCUT2D eigenvalue weighted by atomic mass is 10.1. The highest BCUT2D eigenvalue weighted by molar-refractivity contribution is 7.07. The van der Waals surface area contributed by atoms with Crippen molar-refractivity contribution < 1.29 is 18.3 Å². The van der Waals surface area contributed by atoms with Crippen LogP contribution in [0.1, 0.15) is 22.9 Å². The second-order valence-corrected chi connectivity index (χ2v) is 5.29. The van der Waals surface area contributed by atoms with Crippen molar-refractivity contribution in [1.29, 1.82) is 0 Å². The zero-order valence-electron chi connectivity index (χ0n) is 10.8. The fraction of sp³-hybridized carbons (Fsp3) is 0.308. The summed E-state index contributed by atoms with van der Waals surface area (Å²) in [6, 6.07) is 4.59. The molecule has 1 heterocycles.